The van der Waals surface area contributed by atoms with Crippen molar-refractivity contribution >= 4 is 23.6 Å². The molecule has 0 saturated carbocycles. The highest BCUT2D eigenvalue weighted by Crippen LogP contribution is 2.29. The number of urea groups is 1. The van der Waals surface area contributed by atoms with Gasteiger partial charge in [-0.1, -0.05) is 6.07 Å². The smallest absolute Gasteiger partial charge is 0.338 e. The van der Waals surface area contributed by atoms with Crippen molar-refractivity contribution in [2.45, 2.75) is 13.0 Å². The molecule has 1 aromatic carbocycles. The Bertz CT molecular complexity index is 649. The standard InChI is InChI=1S/C14H13ClF2N2O3/c1-2-22-13(20)11-10(6-15)18-14(21)19-12(11)7-3-4-8(16)9(17)5-7/h3-5,12H,2,6H2,1H3,(H2,18,19,21)/t12-/m0/s1. The van der Waals surface area contributed by atoms with Gasteiger partial charge in [0.05, 0.1) is 24.1 Å². The van der Waals surface area contributed by atoms with Gasteiger partial charge in [-0.15, -0.1) is 11.6 Å². The number of nitrogens with one attached hydrogen (secondary N) is 2. The van der Waals surface area contributed by atoms with Crippen LogP contribution in [-0.4, -0.2) is 24.5 Å². The van der Waals surface area contributed by atoms with E-state index in [1.54, 1.807) is 6.92 Å². The fourth-order valence-electron chi connectivity index (χ4n) is 2.12. The second-order valence-electron chi connectivity index (χ2n) is 4.45. The van der Waals surface area contributed by atoms with Crippen LogP contribution in [0.1, 0.15) is 18.5 Å². The minimum Gasteiger partial charge on any atom is -0.463 e. The Kier molecular flexibility index (Phi) is 4.97. The SMILES string of the molecule is CCOC(=O)C1=C(CCl)NC(=O)N[C@H]1c1ccc(F)c(F)c1. The monoisotopic (exact) mass is 330 g/mol. The summed E-state index contributed by atoms with van der Waals surface area (Å²) in [5, 5.41) is 4.89. The molecule has 0 fully saturated rings. The van der Waals surface area contributed by atoms with Crippen molar-refractivity contribution in [2.75, 3.05) is 12.5 Å². The van der Waals surface area contributed by atoms with Gasteiger partial charge in [0.25, 0.3) is 0 Å². The first-order chi connectivity index (χ1) is 10.5. The van der Waals surface area contributed by atoms with E-state index in [-0.39, 0.29) is 29.3 Å². The molecule has 0 aromatic heterocycles. The molecule has 1 aliphatic rings. The number of benzene rings is 1. The maximum Gasteiger partial charge on any atom is 0.338 e. The Balaban J connectivity index is 2.51. The van der Waals surface area contributed by atoms with Crippen molar-refractivity contribution in [3.05, 3.63) is 46.7 Å². The second kappa shape index (κ2) is 6.74. The number of hydrogen-bond donors (Lipinski definition) is 2. The molecule has 22 heavy (non-hydrogen) atoms. The fourth-order valence-corrected chi connectivity index (χ4v) is 2.33. The van der Waals surface area contributed by atoms with Gasteiger partial charge in [0.15, 0.2) is 11.6 Å². The Morgan fingerprint density at radius 1 is 1.36 bits per heavy atom. The summed E-state index contributed by atoms with van der Waals surface area (Å²) < 4.78 is 31.4. The average molecular weight is 331 g/mol. The summed E-state index contributed by atoms with van der Waals surface area (Å²) in [6, 6.07) is 1.54. The van der Waals surface area contributed by atoms with E-state index in [2.05, 4.69) is 10.6 Å². The van der Waals surface area contributed by atoms with Crippen LogP contribution in [0.5, 0.6) is 0 Å². The van der Waals surface area contributed by atoms with Crippen molar-refractivity contribution in [3.63, 3.8) is 0 Å². The molecule has 1 atom stereocenters. The van der Waals surface area contributed by atoms with Crippen LogP contribution in [-0.2, 0) is 9.53 Å². The molecule has 0 saturated heterocycles. The number of carbonyl (C=O) groups is 2. The molecule has 1 aliphatic heterocycles. The quantitative estimate of drug-likeness (QED) is 0.658. The zero-order valence-electron chi connectivity index (χ0n) is 11.6. The molecule has 0 aliphatic carbocycles. The number of rotatable bonds is 4. The maximum absolute atomic E-state index is 13.4. The lowest BCUT2D eigenvalue weighted by Crippen LogP contribution is -2.46. The maximum atomic E-state index is 13.4. The van der Waals surface area contributed by atoms with E-state index in [1.807, 2.05) is 0 Å². The van der Waals surface area contributed by atoms with Gasteiger partial charge in [-0.25, -0.2) is 18.4 Å². The number of amides is 2. The molecule has 0 spiro atoms. The molecule has 0 radical (unpaired) electrons. The Morgan fingerprint density at radius 3 is 2.68 bits per heavy atom. The highest BCUT2D eigenvalue weighted by molar-refractivity contribution is 6.20. The normalized spacial score (nSPS) is 17.8. The van der Waals surface area contributed by atoms with Gasteiger partial charge in [0.2, 0.25) is 0 Å². The van der Waals surface area contributed by atoms with Crippen LogP contribution < -0.4 is 10.6 Å². The zero-order chi connectivity index (χ0) is 16.3. The van der Waals surface area contributed by atoms with Gasteiger partial charge >= 0.3 is 12.0 Å². The summed E-state index contributed by atoms with van der Waals surface area (Å²) >= 11 is 5.75. The highest BCUT2D eigenvalue weighted by atomic mass is 35.5. The van der Waals surface area contributed by atoms with Crippen LogP contribution in [0.25, 0.3) is 0 Å². The minimum atomic E-state index is -1.08. The summed E-state index contributed by atoms with van der Waals surface area (Å²) in [5.41, 5.74) is 0.431. The molecule has 2 N–H and O–H groups in total. The number of alkyl halides is 1. The molecule has 0 bridgehead atoms. The average Bonchev–Trinajstić information content (AvgIpc) is 2.49. The van der Waals surface area contributed by atoms with Crippen LogP contribution in [0.2, 0.25) is 0 Å². The van der Waals surface area contributed by atoms with E-state index in [1.165, 1.54) is 6.07 Å². The fraction of sp³-hybridized carbons (Fsp3) is 0.286. The minimum absolute atomic E-state index is 0.0578. The largest absolute Gasteiger partial charge is 0.463 e. The number of ether oxygens (including phenoxy) is 1. The van der Waals surface area contributed by atoms with E-state index in [4.69, 9.17) is 16.3 Å². The van der Waals surface area contributed by atoms with Gasteiger partial charge in [0, 0.05) is 5.70 Å². The molecule has 1 heterocycles. The third-order valence-electron chi connectivity index (χ3n) is 3.06. The lowest BCUT2D eigenvalue weighted by Gasteiger charge is -2.28. The number of halogens is 3. The van der Waals surface area contributed by atoms with Crippen molar-refractivity contribution < 1.29 is 23.1 Å². The van der Waals surface area contributed by atoms with Crippen molar-refractivity contribution in [1.29, 1.82) is 0 Å². The summed E-state index contributed by atoms with van der Waals surface area (Å²) in [4.78, 5) is 23.8. The molecule has 118 valence electrons. The molecule has 0 unspecified atom stereocenters. The van der Waals surface area contributed by atoms with Crippen LogP contribution in [0.4, 0.5) is 13.6 Å². The van der Waals surface area contributed by atoms with Crippen molar-refractivity contribution in [2.24, 2.45) is 0 Å². The summed E-state index contributed by atoms with van der Waals surface area (Å²) in [7, 11) is 0. The Morgan fingerprint density at radius 2 is 2.09 bits per heavy atom. The van der Waals surface area contributed by atoms with Gasteiger partial charge in [-0.05, 0) is 24.6 Å². The van der Waals surface area contributed by atoms with Crippen LogP contribution in [0, 0.1) is 11.6 Å². The lowest BCUT2D eigenvalue weighted by molar-refractivity contribution is -0.139. The summed E-state index contributed by atoms with van der Waals surface area (Å²) in [5.74, 6) is -2.94. The Hall–Kier alpha value is -2.15. The van der Waals surface area contributed by atoms with Gasteiger partial charge in [0.1, 0.15) is 0 Å². The number of allylic oxidation sites excluding steroid dienone is 1. The third-order valence-corrected chi connectivity index (χ3v) is 3.33. The van der Waals surface area contributed by atoms with Crippen molar-refractivity contribution in [1.82, 2.24) is 10.6 Å². The molecule has 1 aromatic rings. The number of hydrogen-bond acceptors (Lipinski definition) is 3. The molecular formula is C14H13ClF2N2O3. The van der Waals surface area contributed by atoms with Crippen LogP contribution in [0.3, 0.4) is 0 Å². The van der Waals surface area contributed by atoms with Gasteiger partial charge in [-0.3, -0.25) is 0 Å². The van der Waals surface area contributed by atoms with Crippen LogP contribution >= 0.6 is 11.6 Å². The predicted octanol–water partition coefficient (Wildman–Crippen LogP) is 2.37. The van der Waals surface area contributed by atoms with E-state index < -0.39 is 29.7 Å². The van der Waals surface area contributed by atoms with E-state index >= 15 is 0 Å². The molecule has 8 heteroatoms. The first-order valence-corrected chi connectivity index (χ1v) is 7.00. The summed E-state index contributed by atoms with van der Waals surface area (Å²) in [6.07, 6.45) is 0. The molecular weight excluding hydrogens is 318 g/mol. The van der Waals surface area contributed by atoms with E-state index in [0.29, 0.717) is 0 Å². The van der Waals surface area contributed by atoms with E-state index in [9.17, 15) is 18.4 Å². The highest BCUT2D eigenvalue weighted by Gasteiger charge is 2.33. The van der Waals surface area contributed by atoms with Crippen molar-refractivity contribution in [3.8, 4) is 0 Å². The first-order valence-electron chi connectivity index (χ1n) is 6.46. The topological polar surface area (TPSA) is 67.4 Å². The predicted molar refractivity (Wildman–Crippen MR) is 75.1 cm³/mol. The van der Waals surface area contributed by atoms with Gasteiger partial charge in [-0.2, -0.15) is 0 Å². The Labute approximate surface area is 130 Å². The first kappa shape index (κ1) is 16.2. The van der Waals surface area contributed by atoms with Gasteiger partial charge < -0.3 is 15.4 Å². The molecule has 2 amide bonds. The molecule has 5 nitrogen and oxygen atoms in total. The number of carbonyl (C=O) groups excluding carboxylic acids is 2. The number of esters is 1. The van der Waals surface area contributed by atoms with Crippen LogP contribution in [0.15, 0.2) is 29.5 Å². The molecule has 2 rings (SSSR count). The third kappa shape index (κ3) is 3.19. The zero-order valence-corrected chi connectivity index (χ0v) is 12.3. The lowest BCUT2D eigenvalue weighted by atomic mass is 9.95. The van der Waals surface area contributed by atoms with E-state index in [0.717, 1.165) is 12.1 Å². The second-order valence-corrected chi connectivity index (χ2v) is 4.72. The summed E-state index contributed by atoms with van der Waals surface area (Å²) in [6.45, 7) is 1.75.